The third kappa shape index (κ3) is 1950. The summed E-state index contributed by atoms with van der Waals surface area (Å²) in [5.74, 6) is 0. The topological polar surface area (TPSA) is 143 Å². The molecule has 0 fully saturated rings. The monoisotopic (exact) mass is 401 g/mol. The van der Waals surface area contributed by atoms with Crippen LogP contribution in [0.4, 0.5) is 0 Å². The summed E-state index contributed by atoms with van der Waals surface area (Å²) < 4.78 is 0. The Bertz CT molecular complexity index is 103. The number of hydrogen-bond donors (Lipinski definition) is 0. The molecule has 6 nitrogen and oxygen atoms in total. The van der Waals surface area contributed by atoms with E-state index >= 15 is 0 Å². The normalized spacial score (nSPS) is 0.750. The van der Waals surface area contributed by atoms with Crippen molar-refractivity contribution in [2.24, 2.45) is 0 Å². The maximum Gasteiger partial charge on any atom is 5.00 e. The first-order valence-corrected chi connectivity index (χ1v) is 1.34. The molecule has 0 aromatic heterocycles. The maximum atomic E-state index is 6.25. The first kappa shape index (κ1) is 117. The molecule has 0 unspecified atom stereocenters. The number of hydrogen-bond acceptors (Lipinski definition) is 6. The second-order valence-corrected chi connectivity index (χ2v) is 0. The summed E-state index contributed by atoms with van der Waals surface area (Å²) in [6.45, 7) is 28.5. The van der Waals surface area contributed by atoms with E-state index in [0.717, 1.165) is 0 Å². The molecule has 0 saturated carbocycles. The van der Waals surface area contributed by atoms with E-state index in [1.54, 1.807) is 0 Å². The Hall–Kier alpha value is -0.982. The van der Waals surface area contributed by atoms with Crippen molar-refractivity contribution in [3.63, 3.8) is 0 Å². The molecule has 95 valence electrons. The summed E-state index contributed by atoms with van der Waals surface area (Å²) >= 11 is 0. The van der Waals surface area contributed by atoms with Gasteiger partial charge in [0, 0.05) is 34.1 Å². The summed E-state index contributed by atoms with van der Waals surface area (Å²) in [6, 6.07) is 0. The SMILES string of the molecule is [C-]#N.[C-]#N.[C-]#N.[C-]#N.[C-]#N.[C-]#N.[Cu+].[Cu].[Cu].[Fe+5]. The van der Waals surface area contributed by atoms with Crippen molar-refractivity contribution in [2.75, 3.05) is 0 Å². The molecule has 16 heavy (non-hydrogen) atoms. The van der Waals surface area contributed by atoms with Crippen LogP contribution in [0.5, 0.6) is 0 Å². The smallest absolute Gasteiger partial charge is 0.512 e. The Morgan fingerprint density at radius 2 is 0.375 bits per heavy atom. The summed E-state index contributed by atoms with van der Waals surface area (Å²) in [7, 11) is 0. The minimum Gasteiger partial charge on any atom is -0.512 e. The van der Waals surface area contributed by atoms with Gasteiger partial charge in [-0.15, -0.1) is 0 Å². The van der Waals surface area contributed by atoms with Gasteiger partial charge in [-0.2, -0.15) is 0 Å². The Kier molecular flexibility index (Phi) is 18000. The molecule has 0 spiro atoms. The summed E-state index contributed by atoms with van der Waals surface area (Å²) in [4.78, 5) is 0. The fraction of sp³-hybridized carbons (Fsp3) is 0. The second kappa shape index (κ2) is 2460. The van der Waals surface area contributed by atoms with E-state index in [1.807, 2.05) is 0 Å². The van der Waals surface area contributed by atoms with E-state index in [9.17, 15) is 0 Å². The van der Waals surface area contributed by atoms with E-state index in [4.69, 9.17) is 71.0 Å². The van der Waals surface area contributed by atoms with Crippen molar-refractivity contribution in [2.45, 2.75) is 0 Å². The average Bonchev–Trinajstić information content (AvgIpc) is 2.33. The van der Waals surface area contributed by atoms with Gasteiger partial charge in [0.1, 0.15) is 0 Å². The molecule has 0 heterocycles. The van der Waals surface area contributed by atoms with Gasteiger partial charge in [0.2, 0.25) is 0 Å². The number of rotatable bonds is 0. The van der Waals surface area contributed by atoms with Crippen LogP contribution in [0.25, 0.3) is 0 Å². The fourth-order valence-electron chi connectivity index (χ4n) is 0. The minimum atomic E-state index is 0. The molecule has 0 rings (SSSR count). The van der Waals surface area contributed by atoms with Crippen molar-refractivity contribution in [1.29, 1.82) is 31.6 Å². The predicted octanol–water partition coefficient (Wildman–Crippen LogP) is 0.568. The van der Waals surface area contributed by atoms with E-state index in [2.05, 4.69) is 0 Å². The van der Waals surface area contributed by atoms with Gasteiger partial charge in [0.25, 0.3) is 0 Å². The van der Waals surface area contributed by atoms with E-state index < -0.39 is 0 Å². The van der Waals surface area contributed by atoms with Crippen LogP contribution in [0.1, 0.15) is 0 Å². The molecule has 0 aliphatic heterocycles. The van der Waals surface area contributed by atoms with Gasteiger partial charge in [0.05, 0.1) is 0 Å². The third-order valence-electron chi connectivity index (χ3n) is 0. The van der Waals surface area contributed by atoms with Gasteiger partial charge in [-0.1, -0.05) is 0 Å². The Labute approximate surface area is 138 Å². The quantitative estimate of drug-likeness (QED) is 0.428. The maximum absolute atomic E-state index is 6.25. The zero-order chi connectivity index (χ0) is 12.0. The van der Waals surface area contributed by atoms with Crippen LogP contribution in [0.15, 0.2) is 0 Å². The first-order chi connectivity index (χ1) is 6.00. The Morgan fingerprint density at radius 1 is 0.375 bits per heavy atom. The standard InChI is InChI=1S/6CN.3Cu.Fe/c6*1-2;;;;/q6*-1;;;+1;+5. The van der Waals surface area contributed by atoms with Crippen LogP contribution >= 0.6 is 0 Å². The Morgan fingerprint density at radius 3 is 0.375 bits per heavy atom. The van der Waals surface area contributed by atoms with Crippen molar-refractivity contribution in [1.82, 2.24) is 0 Å². The van der Waals surface area contributed by atoms with E-state index in [1.165, 1.54) is 0 Å². The largest absolute Gasteiger partial charge is 5.00 e. The molecule has 0 bridgehead atoms. The molecule has 0 aliphatic carbocycles. The van der Waals surface area contributed by atoms with Crippen LogP contribution in [-0.2, 0) is 68.3 Å². The molecule has 0 aromatic rings. The Balaban J connectivity index is -0.00000000321. The van der Waals surface area contributed by atoms with Crippen LogP contribution in [0, 0.1) is 71.0 Å². The van der Waals surface area contributed by atoms with E-state index in [0.29, 0.717) is 0 Å². The van der Waals surface area contributed by atoms with Crippen LogP contribution in [-0.4, -0.2) is 0 Å². The average molecular weight is 403 g/mol. The third-order valence-corrected chi connectivity index (χ3v) is 0. The zero-order valence-electron chi connectivity index (χ0n) is 6.94. The van der Waals surface area contributed by atoms with Crippen molar-refractivity contribution in [3.8, 4) is 0 Å². The molecule has 0 N–H and O–H groups in total. The van der Waals surface area contributed by atoms with Gasteiger partial charge in [-0.25, -0.2) is 0 Å². The van der Waals surface area contributed by atoms with Crippen LogP contribution in [0.3, 0.4) is 0 Å². The zero-order valence-corrected chi connectivity index (χ0v) is 10.9. The fourth-order valence-corrected chi connectivity index (χ4v) is 0. The number of nitrogens with zero attached hydrogens (tertiary/aromatic N) is 6. The molecule has 0 aromatic carbocycles. The van der Waals surface area contributed by atoms with Crippen molar-refractivity contribution in [3.05, 3.63) is 39.4 Å². The molecule has 0 saturated heterocycles. The summed E-state index contributed by atoms with van der Waals surface area (Å²) in [6.07, 6.45) is 0. The van der Waals surface area contributed by atoms with Crippen LogP contribution < -0.4 is 0 Å². The molecular formula is C6Cu3FeN6. The predicted molar refractivity (Wildman–Crippen MR) is 29.8 cm³/mol. The van der Waals surface area contributed by atoms with Crippen molar-refractivity contribution >= 4 is 0 Å². The second-order valence-electron chi connectivity index (χ2n) is 0. The summed E-state index contributed by atoms with van der Waals surface area (Å²) in [5.41, 5.74) is 0. The molecule has 10 heteroatoms. The van der Waals surface area contributed by atoms with Gasteiger partial charge < -0.3 is 71.0 Å². The van der Waals surface area contributed by atoms with Crippen molar-refractivity contribution < 1.29 is 68.3 Å². The van der Waals surface area contributed by atoms with Gasteiger partial charge >= 0.3 is 34.1 Å². The van der Waals surface area contributed by atoms with Gasteiger partial charge in [-0.05, 0) is 0 Å². The molecule has 0 aliphatic rings. The van der Waals surface area contributed by atoms with Crippen LogP contribution in [0.2, 0.25) is 0 Å². The first-order valence-electron chi connectivity index (χ1n) is 1.34. The molecule has 3 radical (unpaired) electrons. The summed E-state index contributed by atoms with van der Waals surface area (Å²) in [5, 5.41) is 37.5. The van der Waals surface area contributed by atoms with Gasteiger partial charge in [0.15, 0.2) is 0 Å². The van der Waals surface area contributed by atoms with Gasteiger partial charge in [-0.3, -0.25) is 0 Å². The minimum absolute atomic E-state index is 0. The van der Waals surface area contributed by atoms with E-state index in [-0.39, 0.29) is 68.3 Å². The molecule has 0 amide bonds. The molecule has 0 atom stereocenters. The molecular weight excluding hydrogens is 403 g/mol.